The molecule has 102 valence electrons. The summed E-state index contributed by atoms with van der Waals surface area (Å²) in [5, 5.41) is 3.06. The predicted octanol–water partition coefficient (Wildman–Crippen LogP) is 2.95. The lowest BCUT2D eigenvalue weighted by molar-refractivity contribution is -0.122. The zero-order valence-electron chi connectivity index (χ0n) is 11.2. The molecule has 2 nitrogen and oxygen atoms in total. The summed E-state index contributed by atoms with van der Waals surface area (Å²) in [6, 6.07) is 8.58. The summed E-state index contributed by atoms with van der Waals surface area (Å²) in [6.45, 7) is 2.75. The summed E-state index contributed by atoms with van der Waals surface area (Å²) in [5.74, 6) is 2.41. The Morgan fingerprint density at radius 3 is 3.05 bits per heavy atom. The molecule has 3 heteroatoms. The van der Waals surface area contributed by atoms with Gasteiger partial charge in [0.05, 0.1) is 0 Å². The van der Waals surface area contributed by atoms with Gasteiger partial charge in [-0.25, -0.2) is 0 Å². The second kappa shape index (κ2) is 5.16. The van der Waals surface area contributed by atoms with Gasteiger partial charge in [-0.3, -0.25) is 4.79 Å². The molecule has 0 radical (unpaired) electrons. The minimum absolute atomic E-state index is 0.200. The predicted molar refractivity (Wildman–Crippen MR) is 77.4 cm³/mol. The van der Waals surface area contributed by atoms with Gasteiger partial charge in [0.2, 0.25) is 5.91 Å². The van der Waals surface area contributed by atoms with Crippen LogP contribution in [0.25, 0.3) is 0 Å². The normalized spacial score (nSPS) is 29.1. The molecule has 0 saturated heterocycles. The Morgan fingerprint density at radius 2 is 2.26 bits per heavy atom. The van der Waals surface area contributed by atoms with Crippen molar-refractivity contribution in [1.82, 2.24) is 5.32 Å². The van der Waals surface area contributed by atoms with Crippen LogP contribution in [-0.2, 0) is 11.2 Å². The molecule has 2 aliphatic rings. The molecule has 2 aliphatic carbocycles. The zero-order valence-corrected chi connectivity index (χ0v) is 12.0. The minimum Gasteiger partial charge on any atom is -0.356 e. The summed E-state index contributed by atoms with van der Waals surface area (Å²) < 4.78 is 0. The molecule has 1 fully saturated rings. The van der Waals surface area contributed by atoms with Gasteiger partial charge >= 0.3 is 0 Å². The largest absolute Gasteiger partial charge is 0.356 e. The van der Waals surface area contributed by atoms with Crippen LogP contribution in [0.1, 0.15) is 30.4 Å². The van der Waals surface area contributed by atoms with E-state index < -0.39 is 0 Å². The third-order valence-corrected chi connectivity index (χ3v) is 5.05. The van der Waals surface area contributed by atoms with Crippen molar-refractivity contribution in [3.05, 3.63) is 35.4 Å². The first kappa shape index (κ1) is 13.0. The van der Waals surface area contributed by atoms with Gasteiger partial charge in [-0.2, -0.15) is 0 Å². The summed E-state index contributed by atoms with van der Waals surface area (Å²) in [4.78, 5) is 12.2. The highest BCUT2D eigenvalue weighted by Crippen LogP contribution is 2.59. The first-order valence-electron chi connectivity index (χ1n) is 7.14. The van der Waals surface area contributed by atoms with E-state index in [-0.39, 0.29) is 11.8 Å². The molecule has 19 heavy (non-hydrogen) atoms. The van der Waals surface area contributed by atoms with Gasteiger partial charge in [0.1, 0.15) is 0 Å². The van der Waals surface area contributed by atoms with Crippen molar-refractivity contribution >= 4 is 17.5 Å². The van der Waals surface area contributed by atoms with Gasteiger partial charge in [-0.05, 0) is 41.7 Å². The Balaban J connectivity index is 1.65. The maximum absolute atomic E-state index is 12.2. The van der Waals surface area contributed by atoms with Gasteiger partial charge in [0.15, 0.2) is 0 Å². The van der Waals surface area contributed by atoms with E-state index in [1.54, 1.807) is 0 Å². The van der Waals surface area contributed by atoms with Gasteiger partial charge in [0, 0.05) is 18.3 Å². The van der Waals surface area contributed by atoms with E-state index in [0.717, 1.165) is 12.8 Å². The molecule has 0 heterocycles. The molecule has 3 rings (SSSR count). The van der Waals surface area contributed by atoms with Gasteiger partial charge in [-0.15, -0.1) is 11.6 Å². The van der Waals surface area contributed by atoms with Crippen LogP contribution in [-0.4, -0.2) is 18.3 Å². The van der Waals surface area contributed by atoms with Gasteiger partial charge in [-0.1, -0.05) is 31.2 Å². The fourth-order valence-corrected chi connectivity index (χ4v) is 3.48. The highest BCUT2D eigenvalue weighted by atomic mass is 35.5. The number of nitrogens with one attached hydrogen (secondary N) is 1. The van der Waals surface area contributed by atoms with E-state index in [1.165, 1.54) is 11.1 Å². The molecule has 1 N–H and O–H groups in total. The first-order valence-corrected chi connectivity index (χ1v) is 7.67. The van der Waals surface area contributed by atoms with Crippen molar-refractivity contribution in [3.8, 4) is 0 Å². The van der Waals surface area contributed by atoms with Crippen LogP contribution >= 0.6 is 11.6 Å². The Bertz CT molecular complexity index is 487. The molecule has 1 saturated carbocycles. The van der Waals surface area contributed by atoms with Gasteiger partial charge in [0.25, 0.3) is 0 Å². The molecule has 0 bridgehead atoms. The number of rotatable bonds is 4. The fraction of sp³-hybridized carbons (Fsp3) is 0.562. The molecular weight excluding hydrogens is 258 g/mol. The second-order valence-electron chi connectivity index (χ2n) is 5.96. The quantitative estimate of drug-likeness (QED) is 0.843. The van der Waals surface area contributed by atoms with Crippen LogP contribution in [0.2, 0.25) is 0 Å². The van der Waals surface area contributed by atoms with Crippen molar-refractivity contribution in [3.63, 3.8) is 0 Å². The summed E-state index contributed by atoms with van der Waals surface area (Å²) in [6.07, 6.45) is 2.28. The van der Waals surface area contributed by atoms with E-state index in [0.29, 0.717) is 30.2 Å². The lowest BCUT2D eigenvalue weighted by Gasteiger charge is -2.13. The number of hydrogen-bond donors (Lipinski definition) is 1. The van der Waals surface area contributed by atoms with Crippen LogP contribution in [0.3, 0.4) is 0 Å². The highest BCUT2D eigenvalue weighted by molar-refractivity contribution is 6.18. The third-order valence-electron chi connectivity index (χ3n) is 4.52. The van der Waals surface area contributed by atoms with Crippen LogP contribution in [0.4, 0.5) is 0 Å². The monoisotopic (exact) mass is 277 g/mol. The zero-order chi connectivity index (χ0) is 13.4. The maximum Gasteiger partial charge on any atom is 0.224 e. The molecule has 0 spiro atoms. The number of carbonyl (C=O) groups is 1. The van der Waals surface area contributed by atoms with Crippen molar-refractivity contribution < 1.29 is 4.79 Å². The van der Waals surface area contributed by atoms with Crippen LogP contribution < -0.4 is 5.32 Å². The molecular formula is C16H20ClNO. The van der Waals surface area contributed by atoms with Crippen LogP contribution in [0, 0.1) is 17.8 Å². The smallest absolute Gasteiger partial charge is 0.224 e. The Labute approximate surface area is 119 Å². The van der Waals surface area contributed by atoms with Gasteiger partial charge < -0.3 is 5.32 Å². The molecule has 4 unspecified atom stereocenters. The van der Waals surface area contributed by atoms with Crippen molar-refractivity contribution in [1.29, 1.82) is 0 Å². The summed E-state index contributed by atoms with van der Waals surface area (Å²) in [7, 11) is 0. The molecule has 0 aromatic heterocycles. The Hall–Kier alpha value is -1.02. The minimum atomic E-state index is 0.200. The number of aryl methyl sites for hydroxylation is 1. The van der Waals surface area contributed by atoms with E-state index in [9.17, 15) is 4.79 Å². The highest BCUT2D eigenvalue weighted by Gasteiger charge is 2.56. The van der Waals surface area contributed by atoms with Crippen molar-refractivity contribution in [2.45, 2.75) is 25.7 Å². The molecule has 1 aromatic rings. The van der Waals surface area contributed by atoms with Crippen LogP contribution in [0.5, 0.6) is 0 Å². The number of halogens is 1. The summed E-state index contributed by atoms with van der Waals surface area (Å²) in [5.41, 5.74) is 2.84. The average molecular weight is 278 g/mol. The molecule has 0 aliphatic heterocycles. The van der Waals surface area contributed by atoms with Crippen LogP contribution in [0.15, 0.2) is 24.3 Å². The van der Waals surface area contributed by atoms with Crippen molar-refractivity contribution in [2.75, 3.05) is 12.4 Å². The number of benzene rings is 1. The standard InChI is InChI=1S/C16H20ClNO/c1-10(8-17)9-18-16(19)15-13-7-6-11-4-2-3-5-12(11)14(13)15/h2-5,10,13-15H,6-9H2,1H3,(H,18,19). The summed E-state index contributed by atoms with van der Waals surface area (Å²) >= 11 is 5.77. The van der Waals surface area contributed by atoms with E-state index in [4.69, 9.17) is 11.6 Å². The third kappa shape index (κ3) is 2.38. The second-order valence-corrected chi connectivity index (χ2v) is 6.27. The van der Waals surface area contributed by atoms with E-state index >= 15 is 0 Å². The number of fused-ring (bicyclic) bond motifs is 3. The van der Waals surface area contributed by atoms with E-state index in [2.05, 4.69) is 36.5 Å². The first-order chi connectivity index (χ1) is 9.22. The number of amides is 1. The molecule has 4 atom stereocenters. The lowest BCUT2D eigenvalue weighted by atomic mass is 9.92. The Kier molecular flexibility index (Phi) is 3.53. The lowest BCUT2D eigenvalue weighted by Crippen LogP contribution is -2.30. The molecule has 1 amide bonds. The number of hydrogen-bond acceptors (Lipinski definition) is 1. The SMILES string of the molecule is CC(CCl)CNC(=O)C1C2CCc3ccccc3C21. The Morgan fingerprint density at radius 1 is 1.47 bits per heavy atom. The topological polar surface area (TPSA) is 29.1 Å². The van der Waals surface area contributed by atoms with E-state index in [1.807, 2.05) is 0 Å². The number of alkyl halides is 1. The molecule has 1 aromatic carbocycles. The van der Waals surface area contributed by atoms with Crippen molar-refractivity contribution in [2.24, 2.45) is 17.8 Å². The fourth-order valence-electron chi connectivity index (χ4n) is 3.37. The number of carbonyl (C=O) groups excluding carboxylic acids is 1. The average Bonchev–Trinajstić information content (AvgIpc) is 3.19. The maximum atomic E-state index is 12.2.